The summed E-state index contributed by atoms with van der Waals surface area (Å²) in [6.07, 6.45) is 5.86. The first-order valence-electron chi connectivity index (χ1n) is 10.2. The van der Waals surface area contributed by atoms with Crippen LogP contribution in [0.15, 0.2) is 36.5 Å². The van der Waals surface area contributed by atoms with Gasteiger partial charge < -0.3 is 19.7 Å². The minimum absolute atomic E-state index is 0.101. The topological polar surface area (TPSA) is 63.7 Å². The van der Waals surface area contributed by atoms with Crippen molar-refractivity contribution in [1.29, 1.82) is 0 Å². The Morgan fingerprint density at radius 3 is 2.86 bits per heavy atom. The molecule has 1 fully saturated rings. The third-order valence-corrected chi connectivity index (χ3v) is 5.79. The number of carbonyl (C=O) groups is 1. The van der Waals surface area contributed by atoms with E-state index in [1.54, 1.807) is 12.3 Å². The average molecular weight is 416 g/mol. The van der Waals surface area contributed by atoms with Crippen LogP contribution in [0, 0.1) is 0 Å². The molecule has 2 heterocycles. The monoisotopic (exact) mass is 415 g/mol. The maximum Gasteiger partial charge on any atom is 0.255 e. The molecule has 0 spiro atoms. The van der Waals surface area contributed by atoms with E-state index >= 15 is 0 Å². The van der Waals surface area contributed by atoms with Gasteiger partial charge >= 0.3 is 0 Å². The maximum atomic E-state index is 13.0. The Kier molecular flexibility index (Phi) is 6.21. The average Bonchev–Trinajstić information content (AvgIpc) is 2.75. The molecule has 29 heavy (non-hydrogen) atoms. The van der Waals surface area contributed by atoms with Crippen LogP contribution in [-0.2, 0) is 4.74 Å². The molecule has 0 unspecified atom stereocenters. The number of halogens is 1. The zero-order chi connectivity index (χ0) is 20.2. The van der Waals surface area contributed by atoms with Gasteiger partial charge in [0.2, 0.25) is 0 Å². The SMILES string of the molecule is CCOC1CCC(NC(=O)c2cccc3c2OCCN3c2ncccc2Cl)CC1. The summed E-state index contributed by atoms with van der Waals surface area (Å²) in [7, 11) is 0. The van der Waals surface area contributed by atoms with Gasteiger partial charge in [-0.05, 0) is 56.9 Å². The van der Waals surface area contributed by atoms with E-state index in [9.17, 15) is 4.79 Å². The van der Waals surface area contributed by atoms with E-state index < -0.39 is 0 Å². The minimum Gasteiger partial charge on any atom is -0.489 e. The third kappa shape index (κ3) is 4.33. The Labute approximate surface area is 176 Å². The molecular formula is C22H26ClN3O3. The number of ether oxygens (including phenoxy) is 2. The van der Waals surface area contributed by atoms with E-state index in [0.717, 1.165) is 38.0 Å². The molecular weight excluding hydrogens is 390 g/mol. The van der Waals surface area contributed by atoms with Gasteiger partial charge in [-0.2, -0.15) is 0 Å². The van der Waals surface area contributed by atoms with Gasteiger partial charge in [0.05, 0.1) is 28.9 Å². The third-order valence-electron chi connectivity index (χ3n) is 5.50. The van der Waals surface area contributed by atoms with Gasteiger partial charge in [0.1, 0.15) is 6.61 Å². The van der Waals surface area contributed by atoms with Gasteiger partial charge in [-0.25, -0.2) is 4.98 Å². The van der Waals surface area contributed by atoms with Crippen LogP contribution in [0.1, 0.15) is 43.0 Å². The molecule has 1 N–H and O–H groups in total. The van der Waals surface area contributed by atoms with Crippen molar-refractivity contribution in [2.45, 2.75) is 44.8 Å². The highest BCUT2D eigenvalue weighted by molar-refractivity contribution is 6.33. The fourth-order valence-electron chi connectivity index (χ4n) is 4.10. The van der Waals surface area contributed by atoms with Crippen LogP contribution in [0.25, 0.3) is 0 Å². The van der Waals surface area contributed by atoms with Crippen molar-refractivity contribution >= 4 is 29.0 Å². The molecule has 0 bridgehead atoms. The smallest absolute Gasteiger partial charge is 0.255 e. The summed E-state index contributed by atoms with van der Waals surface area (Å²) < 4.78 is 11.6. The lowest BCUT2D eigenvalue weighted by Gasteiger charge is -2.32. The van der Waals surface area contributed by atoms with Crippen molar-refractivity contribution in [1.82, 2.24) is 10.3 Å². The number of pyridine rings is 1. The number of para-hydroxylation sites is 1. The number of fused-ring (bicyclic) bond motifs is 1. The van der Waals surface area contributed by atoms with Gasteiger partial charge in [0, 0.05) is 18.8 Å². The second-order valence-corrected chi connectivity index (χ2v) is 7.77. The standard InChI is InChI=1S/C22H26ClN3O3/c1-2-28-16-10-8-15(9-11-16)25-22(27)17-5-3-7-19-20(17)29-14-13-26(19)21-18(23)6-4-12-24-21/h3-7,12,15-16H,2,8-11,13-14H2,1H3,(H,25,27). The van der Waals surface area contributed by atoms with Crippen LogP contribution in [0.4, 0.5) is 11.5 Å². The summed E-state index contributed by atoms with van der Waals surface area (Å²) in [6, 6.07) is 9.40. The molecule has 154 valence electrons. The number of amides is 1. The Morgan fingerprint density at radius 2 is 2.10 bits per heavy atom. The lowest BCUT2D eigenvalue weighted by Crippen LogP contribution is -2.39. The van der Waals surface area contributed by atoms with Gasteiger partial charge in [-0.1, -0.05) is 17.7 Å². The molecule has 1 aromatic heterocycles. The number of hydrogen-bond donors (Lipinski definition) is 1. The molecule has 1 amide bonds. The van der Waals surface area contributed by atoms with E-state index in [1.165, 1.54) is 0 Å². The van der Waals surface area contributed by atoms with E-state index in [4.69, 9.17) is 21.1 Å². The number of aromatic nitrogens is 1. The van der Waals surface area contributed by atoms with E-state index in [0.29, 0.717) is 41.4 Å². The second kappa shape index (κ2) is 9.01. The highest BCUT2D eigenvalue weighted by Crippen LogP contribution is 2.40. The Balaban J connectivity index is 1.52. The van der Waals surface area contributed by atoms with Gasteiger partial charge in [0.15, 0.2) is 11.6 Å². The van der Waals surface area contributed by atoms with Crippen molar-refractivity contribution in [2.75, 3.05) is 24.7 Å². The molecule has 0 saturated heterocycles. The zero-order valence-electron chi connectivity index (χ0n) is 16.6. The maximum absolute atomic E-state index is 13.0. The summed E-state index contributed by atoms with van der Waals surface area (Å²) in [5.41, 5.74) is 1.36. The number of rotatable bonds is 5. The normalized spacial score (nSPS) is 21.2. The summed E-state index contributed by atoms with van der Waals surface area (Å²) in [5, 5.41) is 3.75. The van der Waals surface area contributed by atoms with E-state index in [1.807, 2.05) is 36.1 Å². The first-order chi connectivity index (χ1) is 14.2. The molecule has 1 aromatic carbocycles. The van der Waals surface area contributed by atoms with Crippen LogP contribution in [-0.4, -0.2) is 42.8 Å². The lowest BCUT2D eigenvalue weighted by atomic mass is 9.92. The molecule has 1 aliphatic heterocycles. The molecule has 6 nitrogen and oxygen atoms in total. The van der Waals surface area contributed by atoms with Crippen molar-refractivity contribution in [3.05, 3.63) is 47.1 Å². The first kappa shape index (κ1) is 20.0. The quantitative estimate of drug-likeness (QED) is 0.786. The Hall–Kier alpha value is -2.31. The molecule has 1 aliphatic carbocycles. The molecule has 2 aliphatic rings. The predicted octanol–water partition coefficient (Wildman–Crippen LogP) is 4.34. The highest BCUT2D eigenvalue weighted by atomic mass is 35.5. The van der Waals surface area contributed by atoms with Crippen LogP contribution in [0.3, 0.4) is 0 Å². The van der Waals surface area contributed by atoms with Crippen LogP contribution in [0.2, 0.25) is 5.02 Å². The van der Waals surface area contributed by atoms with Crippen molar-refractivity contribution in [2.24, 2.45) is 0 Å². The van der Waals surface area contributed by atoms with Crippen LogP contribution in [0.5, 0.6) is 5.75 Å². The number of anilines is 2. The number of nitrogens with zero attached hydrogens (tertiary/aromatic N) is 2. The fourth-order valence-corrected chi connectivity index (χ4v) is 4.32. The van der Waals surface area contributed by atoms with Gasteiger partial charge in [-0.15, -0.1) is 0 Å². The minimum atomic E-state index is -0.101. The molecule has 7 heteroatoms. The van der Waals surface area contributed by atoms with Crippen LogP contribution >= 0.6 is 11.6 Å². The number of carbonyl (C=O) groups excluding carboxylic acids is 1. The van der Waals surface area contributed by atoms with Gasteiger partial charge in [-0.3, -0.25) is 4.79 Å². The Bertz CT molecular complexity index is 868. The highest BCUT2D eigenvalue weighted by Gasteiger charge is 2.28. The predicted molar refractivity (Wildman–Crippen MR) is 113 cm³/mol. The summed E-state index contributed by atoms with van der Waals surface area (Å²) >= 11 is 6.35. The summed E-state index contributed by atoms with van der Waals surface area (Å²) in [4.78, 5) is 19.4. The fraction of sp³-hybridized carbons (Fsp3) is 0.455. The number of nitrogens with one attached hydrogen (secondary N) is 1. The van der Waals surface area contributed by atoms with Crippen LogP contribution < -0.4 is 15.0 Å². The summed E-state index contributed by atoms with van der Waals surface area (Å²) in [6.45, 7) is 3.85. The second-order valence-electron chi connectivity index (χ2n) is 7.37. The Morgan fingerprint density at radius 1 is 1.28 bits per heavy atom. The lowest BCUT2D eigenvalue weighted by molar-refractivity contribution is 0.0300. The first-order valence-corrected chi connectivity index (χ1v) is 10.6. The van der Waals surface area contributed by atoms with Crippen molar-refractivity contribution in [3.63, 3.8) is 0 Å². The zero-order valence-corrected chi connectivity index (χ0v) is 17.3. The number of benzene rings is 1. The van der Waals surface area contributed by atoms with E-state index in [2.05, 4.69) is 10.3 Å². The molecule has 0 atom stereocenters. The summed E-state index contributed by atoms with van der Waals surface area (Å²) in [5.74, 6) is 1.15. The number of hydrogen-bond acceptors (Lipinski definition) is 5. The van der Waals surface area contributed by atoms with Crippen molar-refractivity contribution < 1.29 is 14.3 Å². The largest absolute Gasteiger partial charge is 0.489 e. The molecule has 4 rings (SSSR count). The molecule has 1 saturated carbocycles. The van der Waals surface area contributed by atoms with Crippen molar-refractivity contribution in [3.8, 4) is 5.75 Å². The van der Waals surface area contributed by atoms with E-state index in [-0.39, 0.29) is 11.9 Å². The molecule has 2 aromatic rings. The molecule has 0 radical (unpaired) electrons. The van der Waals surface area contributed by atoms with Gasteiger partial charge in [0.25, 0.3) is 5.91 Å².